The van der Waals surface area contributed by atoms with Crippen molar-refractivity contribution in [3.8, 4) is 0 Å². The molecule has 0 aromatic heterocycles. The van der Waals surface area contributed by atoms with Gasteiger partial charge in [-0.25, -0.2) is 0 Å². The summed E-state index contributed by atoms with van der Waals surface area (Å²) < 4.78 is 0. The molecule has 1 heterocycles. The van der Waals surface area contributed by atoms with Crippen molar-refractivity contribution in [1.29, 1.82) is 0 Å². The summed E-state index contributed by atoms with van der Waals surface area (Å²) in [6, 6.07) is 0.0561. The number of hydrogen-bond donors (Lipinski definition) is 2. The fraction of sp³-hybridized carbons (Fsp3) is 0.917. The lowest BCUT2D eigenvalue weighted by molar-refractivity contribution is -0.124. The van der Waals surface area contributed by atoms with Crippen LogP contribution in [-0.2, 0) is 4.79 Å². The van der Waals surface area contributed by atoms with E-state index in [4.69, 9.17) is 0 Å². The minimum atomic E-state index is 0.0561. The van der Waals surface area contributed by atoms with Gasteiger partial charge in [-0.15, -0.1) is 0 Å². The number of nitrogens with one attached hydrogen (secondary N) is 2. The molecule has 0 aromatic rings. The van der Waals surface area contributed by atoms with E-state index in [0.29, 0.717) is 0 Å². The van der Waals surface area contributed by atoms with E-state index >= 15 is 0 Å². The van der Waals surface area contributed by atoms with Gasteiger partial charge in [0.2, 0.25) is 5.91 Å². The van der Waals surface area contributed by atoms with Crippen LogP contribution in [0.3, 0.4) is 0 Å². The molecule has 0 spiro atoms. The Bertz CT molecular complexity index is 194. The molecule has 0 aliphatic carbocycles. The van der Waals surface area contributed by atoms with Crippen molar-refractivity contribution in [2.75, 3.05) is 13.1 Å². The van der Waals surface area contributed by atoms with E-state index in [2.05, 4.69) is 24.5 Å². The molecule has 2 unspecified atom stereocenters. The first kappa shape index (κ1) is 12.5. The highest BCUT2D eigenvalue weighted by atomic mass is 16.2. The molecular formula is C12H24N2O. The first-order valence-corrected chi connectivity index (χ1v) is 6.29. The molecule has 88 valence electrons. The van der Waals surface area contributed by atoms with Crippen LogP contribution in [-0.4, -0.2) is 25.0 Å². The molecule has 0 bridgehead atoms. The third-order valence-corrected chi connectivity index (χ3v) is 3.24. The molecule has 1 aliphatic rings. The van der Waals surface area contributed by atoms with E-state index < -0.39 is 0 Å². The van der Waals surface area contributed by atoms with Crippen LogP contribution in [0.1, 0.15) is 46.0 Å². The van der Waals surface area contributed by atoms with Crippen LogP contribution in [0, 0.1) is 5.92 Å². The van der Waals surface area contributed by atoms with Crippen molar-refractivity contribution >= 4 is 5.91 Å². The second-order valence-electron chi connectivity index (χ2n) is 4.45. The highest BCUT2D eigenvalue weighted by molar-refractivity contribution is 5.81. The summed E-state index contributed by atoms with van der Waals surface area (Å²) in [6.45, 7) is 6.16. The standard InChI is InChI=1S/C12H24N2O/c1-3-5-7-14-12(15)11-9-10(4-2)6-8-13-11/h10-11,13H,3-9H2,1-2H3,(H,14,15). The molecule has 1 amide bonds. The van der Waals surface area contributed by atoms with Gasteiger partial charge in [0, 0.05) is 6.54 Å². The monoisotopic (exact) mass is 212 g/mol. The predicted octanol–water partition coefficient (Wildman–Crippen LogP) is 1.68. The highest BCUT2D eigenvalue weighted by Crippen LogP contribution is 2.19. The quantitative estimate of drug-likeness (QED) is 0.681. The molecule has 3 heteroatoms. The maximum Gasteiger partial charge on any atom is 0.237 e. The lowest BCUT2D eigenvalue weighted by atomic mass is 9.90. The summed E-state index contributed by atoms with van der Waals surface area (Å²) in [5.41, 5.74) is 0. The van der Waals surface area contributed by atoms with E-state index in [0.717, 1.165) is 38.3 Å². The summed E-state index contributed by atoms with van der Waals surface area (Å²) in [4.78, 5) is 11.8. The number of amides is 1. The largest absolute Gasteiger partial charge is 0.355 e. The average Bonchev–Trinajstić information content (AvgIpc) is 2.29. The van der Waals surface area contributed by atoms with E-state index in [1.165, 1.54) is 12.8 Å². The molecule has 2 atom stereocenters. The van der Waals surface area contributed by atoms with Gasteiger partial charge >= 0.3 is 0 Å². The Morgan fingerprint density at radius 1 is 1.47 bits per heavy atom. The zero-order valence-corrected chi connectivity index (χ0v) is 10.0. The van der Waals surface area contributed by atoms with Crippen LogP contribution < -0.4 is 10.6 Å². The summed E-state index contributed by atoms with van der Waals surface area (Å²) >= 11 is 0. The molecule has 0 saturated carbocycles. The molecule has 0 radical (unpaired) electrons. The van der Waals surface area contributed by atoms with Gasteiger partial charge in [-0.2, -0.15) is 0 Å². The van der Waals surface area contributed by atoms with Crippen LogP contribution >= 0.6 is 0 Å². The number of piperidine rings is 1. The van der Waals surface area contributed by atoms with Gasteiger partial charge in [-0.05, 0) is 31.7 Å². The number of carbonyl (C=O) groups excluding carboxylic acids is 1. The van der Waals surface area contributed by atoms with Crippen molar-refractivity contribution in [3.63, 3.8) is 0 Å². The molecule has 1 saturated heterocycles. The highest BCUT2D eigenvalue weighted by Gasteiger charge is 2.25. The van der Waals surface area contributed by atoms with Crippen molar-refractivity contribution in [2.45, 2.75) is 52.0 Å². The van der Waals surface area contributed by atoms with Gasteiger partial charge in [0.05, 0.1) is 6.04 Å². The lowest BCUT2D eigenvalue weighted by Gasteiger charge is -2.28. The first-order valence-electron chi connectivity index (χ1n) is 6.29. The Balaban J connectivity index is 2.25. The summed E-state index contributed by atoms with van der Waals surface area (Å²) in [5, 5.41) is 6.29. The fourth-order valence-corrected chi connectivity index (χ4v) is 2.08. The molecule has 1 aliphatic heterocycles. The Morgan fingerprint density at radius 2 is 2.27 bits per heavy atom. The minimum Gasteiger partial charge on any atom is -0.355 e. The predicted molar refractivity (Wildman–Crippen MR) is 62.7 cm³/mol. The van der Waals surface area contributed by atoms with Crippen LogP contribution in [0.15, 0.2) is 0 Å². The van der Waals surface area contributed by atoms with Gasteiger partial charge in [0.25, 0.3) is 0 Å². The minimum absolute atomic E-state index is 0.0561. The first-order chi connectivity index (χ1) is 7.27. The zero-order valence-electron chi connectivity index (χ0n) is 10.0. The molecule has 0 aromatic carbocycles. The smallest absolute Gasteiger partial charge is 0.237 e. The van der Waals surface area contributed by atoms with E-state index in [-0.39, 0.29) is 11.9 Å². The van der Waals surface area contributed by atoms with Gasteiger partial charge in [-0.1, -0.05) is 26.7 Å². The zero-order chi connectivity index (χ0) is 11.1. The van der Waals surface area contributed by atoms with Crippen molar-refractivity contribution in [2.24, 2.45) is 5.92 Å². The maximum atomic E-state index is 11.8. The van der Waals surface area contributed by atoms with E-state index in [1.54, 1.807) is 0 Å². The molecular weight excluding hydrogens is 188 g/mol. The Kier molecular flexibility index (Phi) is 5.69. The Hall–Kier alpha value is -0.570. The molecule has 3 nitrogen and oxygen atoms in total. The molecule has 15 heavy (non-hydrogen) atoms. The van der Waals surface area contributed by atoms with Gasteiger partial charge < -0.3 is 10.6 Å². The van der Waals surface area contributed by atoms with Gasteiger partial charge in [-0.3, -0.25) is 4.79 Å². The second-order valence-corrected chi connectivity index (χ2v) is 4.45. The van der Waals surface area contributed by atoms with Crippen LogP contribution in [0.4, 0.5) is 0 Å². The van der Waals surface area contributed by atoms with Crippen LogP contribution in [0.25, 0.3) is 0 Å². The summed E-state index contributed by atoms with van der Waals surface area (Å²) in [7, 11) is 0. The third-order valence-electron chi connectivity index (χ3n) is 3.24. The van der Waals surface area contributed by atoms with Crippen molar-refractivity contribution in [1.82, 2.24) is 10.6 Å². The van der Waals surface area contributed by atoms with Gasteiger partial charge in [0.1, 0.15) is 0 Å². The third kappa shape index (κ3) is 4.20. The van der Waals surface area contributed by atoms with Crippen LogP contribution in [0.5, 0.6) is 0 Å². The number of rotatable bonds is 5. The normalized spacial score (nSPS) is 26.3. The Labute approximate surface area is 93.0 Å². The summed E-state index contributed by atoms with van der Waals surface area (Å²) in [6.07, 6.45) is 5.63. The number of carbonyl (C=O) groups is 1. The summed E-state index contributed by atoms with van der Waals surface area (Å²) in [5.74, 6) is 0.926. The average molecular weight is 212 g/mol. The van der Waals surface area contributed by atoms with E-state index in [1.807, 2.05) is 0 Å². The molecule has 1 rings (SSSR count). The van der Waals surface area contributed by atoms with E-state index in [9.17, 15) is 4.79 Å². The number of hydrogen-bond acceptors (Lipinski definition) is 2. The second kappa shape index (κ2) is 6.83. The Morgan fingerprint density at radius 3 is 2.93 bits per heavy atom. The van der Waals surface area contributed by atoms with Crippen molar-refractivity contribution in [3.05, 3.63) is 0 Å². The topological polar surface area (TPSA) is 41.1 Å². The molecule has 2 N–H and O–H groups in total. The molecule has 1 fully saturated rings. The number of unbranched alkanes of at least 4 members (excludes halogenated alkanes) is 1. The fourth-order valence-electron chi connectivity index (χ4n) is 2.08. The SMILES string of the molecule is CCCCNC(=O)C1CC(CC)CCN1. The maximum absolute atomic E-state index is 11.8. The van der Waals surface area contributed by atoms with Crippen molar-refractivity contribution < 1.29 is 4.79 Å². The van der Waals surface area contributed by atoms with Gasteiger partial charge in [0.15, 0.2) is 0 Å². The lowest BCUT2D eigenvalue weighted by Crippen LogP contribution is -2.48. The van der Waals surface area contributed by atoms with Crippen LogP contribution in [0.2, 0.25) is 0 Å².